The van der Waals surface area contributed by atoms with E-state index in [1.165, 1.54) is 30.9 Å². The van der Waals surface area contributed by atoms with Crippen molar-refractivity contribution >= 4 is 22.8 Å². The Bertz CT molecular complexity index is 839. The Balaban J connectivity index is 2.41. The zero-order valence-corrected chi connectivity index (χ0v) is 12.5. The highest BCUT2D eigenvalue weighted by Crippen LogP contribution is 2.11. The zero-order valence-electron chi connectivity index (χ0n) is 12.5. The average Bonchev–Trinajstić information content (AvgIpc) is 2.50. The van der Waals surface area contributed by atoms with Gasteiger partial charge in [-0.15, -0.1) is 0 Å². The molecule has 9 nitrogen and oxygen atoms in total. The van der Waals surface area contributed by atoms with Gasteiger partial charge in [-0.3, -0.25) is 13.9 Å². The smallest absolute Gasteiger partial charge is 0.332 e. The predicted molar refractivity (Wildman–Crippen MR) is 80.9 cm³/mol. The summed E-state index contributed by atoms with van der Waals surface area (Å²) in [4.78, 5) is 39.7. The van der Waals surface area contributed by atoms with E-state index in [2.05, 4.69) is 15.6 Å². The molecule has 0 radical (unpaired) electrons. The number of rotatable bonds is 3. The van der Waals surface area contributed by atoms with E-state index < -0.39 is 23.3 Å². The summed E-state index contributed by atoms with van der Waals surface area (Å²) in [6.45, 7) is 1.45. The predicted octanol–water partition coefficient (Wildman–Crippen LogP) is -0.865. The summed E-state index contributed by atoms with van der Waals surface area (Å²) < 4.78 is 2.23. The lowest BCUT2D eigenvalue weighted by Gasteiger charge is -2.12. The van der Waals surface area contributed by atoms with Crippen LogP contribution < -0.4 is 21.9 Å². The summed E-state index contributed by atoms with van der Waals surface area (Å²) >= 11 is 0. The van der Waals surface area contributed by atoms with E-state index >= 15 is 0 Å². The molecule has 0 aliphatic carbocycles. The number of aliphatic hydroxyl groups excluding tert-OH is 1. The Morgan fingerprint density at radius 3 is 2.68 bits per heavy atom. The Morgan fingerprint density at radius 1 is 1.36 bits per heavy atom. The van der Waals surface area contributed by atoms with Crippen LogP contribution in [0.3, 0.4) is 0 Å². The number of fused-ring (bicyclic) bond motifs is 1. The molecule has 0 aromatic carbocycles. The maximum Gasteiger partial charge on any atom is 0.332 e. The molecular weight excluding hydrogens is 290 g/mol. The molecule has 3 N–H and O–H groups in total. The van der Waals surface area contributed by atoms with Crippen molar-refractivity contribution < 1.29 is 9.90 Å². The summed E-state index contributed by atoms with van der Waals surface area (Å²) in [5.41, 5.74) is -0.410. The first-order chi connectivity index (χ1) is 10.3. The van der Waals surface area contributed by atoms with Gasteiger partial charge in [0.1, 0.15) is 5.65 Å². The third-order valence-corrected chi connectivity index (χ3v) is 3.20. The highest BCUT2D eigenvalue weighted by Gasteiger charge is 2.12. The third-order valence-electron chi connectivity index (χ3n) is 3.20. The molecule has 0 unspecified atom stereocenters. The number of carbonyl (C=O) groups is 1. The van der Waals surface area contributed by atoms with Crippen LogP contribution in [0.25, 0.3) is 11.0 Å². The van der Waals surface area contributed by atoms with Crippen molar-refractivity contribution in [3.63, 3.8) is 0 Å². The summed E-state index contributed by atoms with van der Waals surface area (Å²) in [6.07, 6.45) is 1.35. The zero-order chi connectivity index (χ0) is 16.4. The van der Waals surface area contributed by atoms with Crippen molar-refractivity contribution in [1.29, 1.82) is 0 Å². The molecule has 22 heavy (non-hydrogen) atoms. The number of hydrogen-bond donors (Lipinski definition) is 3. The van der Waals surface area contributed by atoms with Gasteiger partial charge in [-0.05, 0) is 13.0 Å². The van der Waals surface area contributed by atoms with Crippen LogP contribution in [0, 0.1) is 0 Å². The molecule has 118 valence electrons. The van der Waals surface area contributed by atoms with Crippen molar-refractivity contribution in [2.75, 3.05) is 11.9 Å². The van der Waals surface area contributed by atoms with E-state index in [0.29, 0.717) is 5.69 Å². The van der Waals surface area contributed by atoms with Crippen molar-refractivity contribution in [2.45, 2.75) is 13.0 Å². The Labute approximate surface area is 125 Å². The summed E-state index contributed by atoms with van der Waals surface area (Å²) in [5, 5.41) is 14.1. The summed E-state index contributed by atoms with van der Waals surface area (Å²) in [6, 6.07) is 0.527. The fourth-order valence-corrected chi connectivity index (χ4v) is 1.97. The topological polar surface area (TPSA) is 118 Å². The van der Waals surface area contributed by atoms with E-state index in [0.717, 1.165) is 4.57 Å². The molecule has 0 fully saturated rings. The van der Waals surface area contributed by atoms with Crippen LogP contribution in [0.15, 0.2) is 21.9 Å². The molecule has 0 aliphatic rings. The first kappa shape index (κ1) is 15.7. The van der Waals surface area contributed by atoms with E-state index in [1.807, 2.05) is 0 Å². The fraction of sp³-hybridized carbons (Fsp3) is 0.385. The third kappa shape index (κ3) is 2.84. The second-order valence-corrected chi connectivity index (χ2v) is 4.98. The second kappa shape index (κ2) is 5.98. The number of urea groups is 1. The Morgan fingerprint density at radius 2 is 2.05 bits per heavy atom. The standard InChI is InChI=1S/C13H17N5O4/c1-7(6-19)15-12(21)16-8-4-9-10(14-5-8)17(2)13(22)18(3)11(9)20/h4-5,7,19H,6H2,1-3H3,(H2,15,16,21)/t7-/m0/s1. The molecule has 2 rings (SSSR count). The monoisotopic (exact) mass is 307 g/mol. The Kier molecular flexibility index (Phi) is 4.27. The number of amides is 2. The van der Waals surface area contributed by atoms with Crippen molar-refractivity contribution in [3.8, 4) is 0 Å². The van der Waals surface area contributed by atoms with Crippen LogP contribution in [0.1, 0.15) is 6.92 Å². The van der Waals surface area contributed by atoms with Crippen LogP contribution in [0.4, 0.5) is 10.5 Å². The lowest BCUT2D eigenvalue weighted by Crippen LogP contribution is -2.38. The highest BCUT2D eigenvalue weighted by atomic mass is 16.3. The molecule has 1 atom stereocenters. The Hall–Kier alpha value is -2.68. The quantitative estimate of drug-likeness (QED) is 0.681. The molecule has 2 aromatic heterocycles. The molecule has 2 aromatic rings. The summed E-state index contributed by atoms with van der Waals surface area (Å²) in [7, 11) is 2.89. The number of aliphatic hydroxyl groups is 1. The number of pyridine rings is 1. The van der Waals surface area contributed by atoms with Crippen LogP contribution >= 0.6 is 0 Å². The van der Waals surface area contributed by atoms with Gasteiger partial charge in [-0.25, -0.2) is 14.6 Å². The molecule has 2 amide bonds. The lowest BCUT2D eigenvalue weighted by molar-refractivity contribution is 0.229. The van der Waals surface area contributed by atoms with Gasteiger partial charge in [-0.1, -0.05) is 0 Å². The van der Waals surface area contributed by atoms with Crippen molar-refractivity contribution in [3.05, 3.63) is 33.1 Å². The normalized spacial score (nSPS) is 12.2. The maximum absolute atomic E-state index is 12.1. The number of hydrogen-bond acceptors (Lipinski definition) is 5. The molecule has 0 aliphatic heterocycles. The number of carbonyl (C=O) groups excluding carboxylic acids is 1. The van der Waals surface area contributed by atoms with Gasteiger partial charge < -0.3 is 15.7 Å². The fourth-order valence-electron chi connectivity index (χ4n) is 1.97. The van der Waals surface area contributed by atoms with Gasteiger partial charge in [0.15, 0.2) is 0 Å². The minimum absolute atomic E-state index is 0.188. The molecule has 0 saturated carbocycles. The van der Waals surface area contributed by atoms with E-state index in [4.69, 9.17) is 5.11 Å². The van der Waals surface area contributed by atoms with E-state index in [9.17, 15) is 14.4 Å². The first-order valence-corrected chi connectivity index (χ1v) is 6.59. The number of nitrogens with one attached hydrogen (secondary N) is 2. The van der Waals surface area contributed by atoms with Gasteiger partial charge in [0.05, 0.1) is 29.9 Å². The van der Waals surface area contributed by atoms with Gasteiger partial charge in [0, 0.05) is 14.1 Å². The molecule has 0 spiro atoms. The van der Waals surface area contributed by atoms with Gasteiger partial charge in [-0.2, -0.15) is 0 Å². The van der Waals surface area contributed by atoms with Gasteiger partial charge in [0.25, 0.3) is 5.56 Å². The second-order valence-electron chi connectivity index (χ2n) is 4.98. The van der Waals surface area contributed by atoms with Crippen LogP contribution in [0.5, 0.6) is 0 Å². The van der Waals surface area contributed by atoms with Crippen molar-refractivity contribution in [2.24, 2.45) is 14.1 Å². The molecule has 2 heterocycles. The van der Waals surface area contributed by atoms with Crippen molar-refractivity contribution in [1.82, 2.24) is 19.4 Å². The number of aryl methyl sites for hydroxylation is 1. The number of nitrogens with zero attached hydrogens (tertiary/aromatic N) is 3. The minimum atomic E-state index is -0.524. The molecule has 9 heteroatoms. The van der Waals surface area contributed by atoms with Gasteiger partial charge in [0.2, 0.25) is 0 Å². The van der Waals surface area contributed by atoms with E-state index in [-0.39, 0.29) is 17.6 Å². The van der Waals surface area contributed by atoms with E-state index in [1.54, 1.807) is 6.92 Å². The minimum Gasteiger partial charge on any atom is -0.394 e. The molecular formula is C13H17N5O4. The van der Waals surface area contributed by atoms with Crippen LogP contribution in [-0.4, -0.2) is 37.9 Å². The van der Waals surface area contributed by atoms with Gasteiger partial charge >= 0.3 is 11.7 Å². The lowest BCUT2D eigenvalue weighted by atomic mass is 10.3. The first-order valence-electron chi connectivity index (χ1n) is 6.59. The SMILES string of the molecule is C[C@@H](CO)NC(=O)Nc1cnc2c(c1)c(=O)n(C)c(=O)n2C. The molecule has 0 saturated heterocycles. The highest BCUT2D eigenvalue weighted by molar-refractivity contribution is 5.91. The average molecular weight is 307 g/mol. The largest absolute Gasteiger partial charge is 0.394 e. The number of aromatic nitrogens is 3. The molecule has 0 bridgehead atoms. The van der Waals surface area contributed by atoms with Crippen LogP contribution in [0.2, 0.25) is 0 Å². The summed E-state index contributed by atoms with van der Waals surface area (Å²) in [5.74, 6) is 0. The van der Waals surface area contributed by atoms with Crippen LogP contribution in [-0.2, 0) is 14.1 Å². The maximum atomic E-state index is 12.1. The number of anilines is 1.